The molecule has 2 N–H and O–H groups in total. The number of carbonyl (C=O) groups excluding carboxylic acids is 3. The van der Waals surface area contributed by atoms with Crippen molar-refractivity contribution in [3.63, 3.8) is 0 Å². The van der Waals surface area contributed by atoms with E-state index in [2.05, 4.69) is 10.6 Å². The zero-order chi connectivity index (χ0) is 21.7. The normalized spacial score (nSPS) is 11.4. The van der Waals surface area contributed by atoms with Gasteiger partial charge in [-0.05, 0) is 67.9 Å². The molecule has 0 unspecified atom stereocenters. The van der Waals surface area contributed by atoms with E-state index in [9.17, 15) is 18.8 Å². The van der Waals surface area contributed by atoms with Crippen LogP contribution in [0.3, 0.4) is 0 Å². The summed E-state index contributed by atoms with van der Waals surface area (Å²) >= 11 is 0. The van der Waals surface area contributed by atoms with Crippen molar-refractivity contribution in [3.05, 3.63) is 83.6 Å². The molecular weight excluding hydrogens is 391 g/mol. The van der Waals surface area contributed by atoms with Gasteiger partial charge in [0.1, 0.15) is 5.82 Å². The highest BCUT2D eigenvalue weighted by molar-refractivity contribution is 6.02. The van der Waals surface area contributed by atoms with Crippen molar-refractivity contribution in [2.45, 2.75) is 20.0 Å². The fraction of sp³-hybridized carbons (Fsp3) is 0.136. The first kappa shape index (κ1) is 20.8. The Balaban J connectivity index is 1.56. The molecule has 0 aliphatic rings. The quantitative estimate of drug-likeness (QED) is 0.595. The molecule has 0 saturated carbocycles. The van der Waals surface area contributed by atoms with Crippen LogP contribution >= 0.6 is 0 Å². The average Bonchev–Trinajstić information content (AvgIpc) is 3.26. The predicted octanol–water partition coefficient (Wildman–Crippen LogP) is 4.16. The Morgan fingerprint density at radius 3 is 2.33 bits per heavy atom. The summed E-state index contributed by atoms with van der Waals surface area (Å²) in [7, 11) is 0. The van der Waals surface area contributed by atoms with Gasteiger partial charge in [-0.25, -0.2) is 9.18 Å². The molecule has 8 heteroatoms. The van der Waals surface area contributed by atoms with Gasteiger partial charge in [0.25, 0.3) is 11.8 Å². The Kier molecular flexibility index (Phi) is 6.26. The highest BCUT2D eigenvalue weighted by Crippen LogP contribution is 2.16. The molecule has 0 saturated heterocycles. The first-order chi connectivity index (χ1) is 14.3. The zero-order valence-corrected chi connectivity index (χ0v) is 16.3. The van der Waals surface area contributed by atoms with Crippen LogP contribution in [-0.2, 0) is 9.53 Å². The lowest BCUT2D eigenvalue weighted by atomic mass is 10.2. The summed E-state index contributed by atoms with van der Waals surface area (Å²) in [6.07, 6.45) is 0.293. The lowest BCUT2D eigenvalue weighted by molar-refractivity contribution is -0.123. The van der Waals surface area contributed by atoms with Crippen molar-refractivity contribution in [2.75, 3.05) is 10.6 Å². The van der Waals surface area contributed by atoms with E-state index >= 15 is 0 Å². The maximum absolute atomic E-state index is 13.6. The van der Waals surface area contributed by atoms with Crippen molar-refractivity contribution in [3.8, 4) is 0 Å². The Bertz CT molecular complexity index is 1060. The van der Waals surface area contributed by atoms with Crippen LogP contribution in [0.1, 0.15) is 33.4 Å². The van der Waals surface area contributed by atoms with E-state index in [1.807, 2.05) is 0 Å². The largest absolute Gasteiger partial charge is 0.459 e. The summed E-state index contributed by atoms with van der Waals surface area (Å²) in [6, 6.07) is 13.4. The lowest BCUT2D eigenvalue weighted by Crippen LogP contribution is -2.30. The molecular formula is C22H19FN2O5. The van der Waals surface area contributed by atoms with Gasteiger partial charge in [-0.15, -0.1) is 0 Å². The zero-order valence-electron chi connectivity index (χ0n) is 16.3. The number of anilines is 2. The summed E-state index contributed by atoms with van der Waals surface area (Å²) in [6.45, 7) is 3.02. The maximum Gasteiger partial charge on any atom is 0.338 e. The smallest absolute Gasteiger partial charge is 0.338 e. The third-order valence-electron chi connectivity index (χ3n) is 4.22. The second-order valence-electron chi connectivity index (χ2n) is 6.51. The fourth-order valence-corrected chi connectivity index (χ4v) is 2.49. The summed E-state index contributed by atoms with van der Waals surface area (Å²) in [5.74, 6) is -2.01. The van der Waals surface area contributed by atoms with Crippen molar-refractivity contribution in [2.24, 2.45) is 0 Å². The molecule has 0 bridgehead atoms. The van der Waals surface area contributed by atoms with Gasteiger partial charge < -0.3 is 19.8 Å². The number of hydrogen-bond acceptors (Lipinski definition) is 5. The van der Waals surface area contributed by atoms with Gasteiger partial charge in [-0.1, -0.05) is 6.07 Å². The topological polar surface area (TPSA) is 97.6 Å². The number of ether oxygens (including phenoxy) is 1. The second-order valence-corrected chi connectivity index (χ2v) is 6.51. The minimum atomic E-state index is -1.10. The van der Waals surface area contributed by atoms with E-state index in [1.165, 1.54) is 55.7 Å². The average molecular weight is 410 g/mol. The Hall–Kier alpha value is -3.94. The van der Waals surface area contributed by atoms with E-state index in [1.54, 1.807) is 19.1 Å². The van der Waals surface area contributed by atoms with Crippen LogP contribution in [-0.4, -0.2) is 23.9 Å². The predicted molar refractivity (Wildman–Crippen MR) is 108 cm³/mol. The summed E-state index contributed by atoms with van der Waals surface area (Å²) < 4.78 is 23.7. The number of amides is 2. The molecule has 3 aromatic rings. The number of esters is 1. The van der Waals surface area contributed by atoms with Gasteiger partial charge in [0.05, 0.1) is 11.8 Å². The lowest BCUT2D eigenvalue weighted by Gasteiger charge is -2.14. The monoisotopic (exact) mass is 410 g/mol. The first-order valence-electron chi connectivity index (χ1n) is 9.06. The van der Waals surface area contributed by atoms with Gasteiger partial charge in [-0.2, -0.15) is 0 Å². The van der Waals surface area contributed by atoms with Gasteiger partial charge in [0.2, 0.25) is 0 Å². The van der Waals surface area contributed by atoms with E-state index < -0.39 is 29.7 Å². The maximum atomic E-state index is 13.6. The molecule has 1 heterocycles. The fourth-order valence-electron chi connectivity index (χ4n) is 2.49. The summed E-state index contributed by atoms with van der Waals surface area (Å²) in [5.41, 5.74) is 1.38. The first-order valence-corrected chi connectivity index (χ1v) is 9.06. The molecule has 3 rings (SSSR count). The number of hydrogen-bond donors (Lipinski definition) is 2. The van der Waals surface area contributed by atoms with Crippen molar-refractivity contribution >= 4 is 29.2 Å². The highest BCUT2D eigenvalue weighted by atomic mass is 19.1. The molecule has 1 atom stereocenters. The van der Waals surface area contributed by atoms with Crippen molar-refractivity contribution < 1.29 is 27.9 Å². The van der Waals surface area contributed by atoms with E-state index in [4.69, 9.17) is 9.15 Å². The molecule has 2 amide bonds. The molecule has 1 aromatic heterocycles. The summed E-state index contributed by atoms with van der Waals surface area (Å²) in [5, 5.41) is 5.12. The molecule has 0 fully saturated rings. The number of halogens is 1. The molecule has 0 aliphatic heterocycles. The number of aryl methyl sites for hydroxylation is 1. The molecule has 2 aromatic carbocycles. The van der Waals surface area contributed by atoms with Crippen molar-refractivity contribution in [1.29, 1.82) is 0 Å². The van der Waals surface area contributed by atoms with E-state index in [0.29, 0.717) is 11.3 Å². The second kappa shape index (κ2) is 9.04. The van der Waals surface area contributed by atoms with Crippen molar-refractivity contribution in [1.82, 2.24) is 0 Å². The van der Waals surface area contributed by atoms with Crippen LogP contribution in [0.15, 0.2) is 65.3 Å². The van der Waals surface area contributed by atoms with Gasteiger partial charge >= 0.3 is 5.97 Å². The SMILES string of the molecule is Cc1ccc(NC(=O)[C@@H](C)OC(=O)c2ccc(NC(=O)c3ccco3)cc2)cc1F. The third kappa shape index (κ3) is 5.11. The number of furan rings is 1. The Morgan fingerprint density at radius 2 is 1.70 bits per heavy atom. The molecule has 0 aliphatic carbocycles. The van der Waals surface area contributed by atoms with E-state index in [-0.39, 0.29) is 17.0 Å². The molecule has 154 valence electrons. The number of carbonyl (C=O) groups is 3. The summed E-state index contributed by atoms with van der Waals surface area (Å²) in [4.78, 5) is 36.4. The standard InChI is InChI=1S/C22H19FN2O5/c1-13-5-8-17(12-18(13)23)25-20(26)14(2)30-22(28)15-6-9-16(10-7-15)24-21(27)19-4-3-11-29-19/h3-12,14H,1-2H3,(H,24,27)(H,25,26)/t14-/m1/s1. The molecule has 7 nitrogen and oxygen atoms in total. The van der Waals surface area contributed by atoms with Crippen LogP contribution in [0.2, 0.25) is 0 Å². The number of nitrogens with one attached hydrogen (secondary N) is 2. The van der Waals surface area contributed by atoms with Crippen LogP contribution in [0.25, 0.3) is 0 Å². The van der Waals surface area contributed by atoms with Gasteiger partial charge in [-0.3, -0.25) is 9.59 Å². The van der Waals surface area contributed by atoms with Crippen LogP contribution in [0, 0.1) is 12.7 Å². The number of benzene rings is 2. The highest BCUT2D eigenvalue weighted by Gasteiger charge is 2.19. The molecule has 30 heavy (non-hydrogen) atoms. The Morgan fingerprint density at radius 1 is 1.00 bits per heavy atom. The minimum absolute atomic E-state index is 0.159. The number of rotatable bonds is 6. The van der Waals surface area contributed by atoms with Crippen LogP contribution in [0.4, 0.5) is 15.8 Å². The third-order valence-corrected chi connectivity index (χ3v) is 4.22. The van der Waals surface area contributed by atoms with Gasteiger partial charge in [0, 0.05) is 11.4 Å². The minimum Gasteiger partial charge on any atom is -0.459 e. The van der Waals surface area contributed by atoms with E-state index in [0.717, 1.165) is 0 Å². The van der Waals surface area contributed by atoms with Gasteiger partial charge in [0.15, 0.2) is 11.9 Å². The Labute approximate surface area is 171 Å². The van der Waals surface area contributed by atoms with Crippen LogP contribution < -0.4 is 10.6 Å². The molecule has 0 radical (unpaired) electrons. The van der Waals surface area contributed by atoms with Crippen LogP contribution in [0.5, 0.6) is 0 Å². The molecule has 0 spiro atoms.